The van der Waals surface area contributed by atoms with Crippen molar-refractivity contribution in [2.24, 2.45) is 0 Å². The van der Waals surface area contributed by atoms with Gasteiger partial charge in [-0.2, -0.15) is 0 Å². The summed E-state index contributed by atoms with van der Waals surface area (Å²) >= 11 is 0. The van der Waals surface area contributed by atoms with Gasteiger partial charge in [0.05, 0.1) is 6.61 Å². The Morgan fingerprint density at radius 3 is 2.40 bits per heavy atom. The molecule has 2 aromatic carbocycles. The highest BCUT2D eigenvalue weighted by atomic mass is 16.5. The Morgan fingerprint density at radius 2 is 1.80 bits per heavy atom. The molecule has 0 aromatic heterocycles. The molecule has 0 amide bonds. The third kappa shape index (κ3) is 6.09. The van der Waals surface area contributed by atoms with Crippen molar-refractivity contribution in [3.05, 3.63) is 70.8 Å². The van der Waals surface area contributed by atoms with Gasteiger partial charge in [0.25, 0.3) is 0 Å². The number of aryl methyl sites for hydroxylation is 1. The Kier molecular flexibility index (Phi) is 8.05. The number of benzene rings is 2. The summed E-state index contributed by atoms with van der Waals surface area (Å²) in [5.41, 5.74) is 6.35. The van der Waals surface area contributed by atoms with Gasteiger partial charge in [0.15, 0.2) is 0 Å². The molecule has 0 bridgehead atoms. The molecule has 0 aliphatic rings. The van der Waals surface area contributed by atoms with Gasteiger partial charge in [-0.25, -0.2) is 4.79 Å². The number of aliphatic carboxylic acids is 1. The fourth-order valence-corrected chi connectivity index (χ4v) is 3.36. The van der Waals surface area contributed by atoms with Crippen molar-refractivity contribution in [3.8, 4) is 16.9 Å². The second-order valence-electron chi connectivity index (χ2n) is 8.62. The van der Waals surface area contributed by atoms with E-state index in [1.54, 1.807) is 6.92 Å². The average Bonchev–Trinajstić information content (AvgIpc) is 2.69. The lowest BCUT2D eigenvalue weighted by molar-refractivity contribution is -0.131. The van der Waals surface area contributed by atoms with Crippen molar-refractivity contribution in [3.63, 3.8) is 0 Å². The van der Waals surface area contributed by atoms with Crippen molar-refractivity contribution in [1.82, 2.24) is 0 Å². The third-order valence-electron chi connectivity index (χ3n) is 4.94. The molecule has 0 spiro atoms. The number of carbonyl (C=O) groups is 1. The smallest absolute Gasteiger partial charge is 0.328 e. The van der Waals surface area contributed by atoms with Crippen LogP contribution in [0.2, 0.25) is 0 Å². The highest BCUT2D eigenvalue weighted by molar-refractivity contribution is 5.83. The third-order valence-corrected chi connectivity index (χ3v) is 4.94. The second-order valence-corrected chi connectivity index (χ2v) is 8.62. The molecule has 1 N–H and O–H groups in total. The van der Waals surface area contributed by atoms with Crippen LogP contribution in [0.4, 0.5) is 0 Å². The fraction of sp³-hybridized carbons (Fsp3) is 0.370. The molecular weight excluding hydrogens is 372 g/mol. The van der Waals surface area contributed by atoms with E-state index in [1.165, 1.54) is 17.2 Å². The Morgan fingerprint density at radius 1 is 1.10 bits per heavy atom. The standard InChI is InChI=1S/C27H34O3/c1-7-15-30-26-23(17-20(8-2)18-24(26)27(4,5)6)22-12-10-9-11-21(22)14-13-19(3)16-25(28)29/h9-14,16-18H,7-8,15H2,1-6H3,(H,28,29)/b14-13+,19-16+. The van der Waals surface area contributed by atoms with E-state index < -0.39 is 5.97 Å². The minimum atomic E-state index is -0.939. The van der Waals surface area contributed by atoms with Crippen LogP contribution in [-0.4, -0.2) is 17.7 Å². The van der Waals surface area contributed by atoms with E-state index in [0.717, 1.165) is 35.3 Å². The number of hydrogen-bond acceptors (Lipinski definition) is 2. The van der Waals surface area contributed by atoms with Crippen molar-refractivity contribution < 1.29 is 14.6 Å². The largest absolute Gasteiger partial charge is 0.493 e. The SMILES string of the molecule is CCCOc1c(-c2ccccc2/C=C/C(C)=C/C(=O)O)cc(CC)cc1C(C)(C)C. The summed E-state index contributed by atoms with van der Waals surface area (Å²) in [6.07, 6.45) is 6.92. The van der Waals surface area contributed by atoms with E-state index in [2.05, 4.69) is 58.9 Å². The van der Waals surface area contributed by atoms with Gasteiger partial charge in [-0.05, 0) is 53.5 Å². The quantitative estimate of drug-likeness (QED) is 0.377. The topological polar surface area (TPSA) is 46.5 Å². The summed E-state index contributed by atoms with van der Waals surface area (Å²) in [5, 5.41) is 8.97. The monoisotopic (exact) mass is 406 g/mol. The Balaban J connectivity index is 2.71. The zero-order chi connectivity index (χ0) is 22.3. The second kappa shape index (κ2) is 10.3. The van der Waals surface area contributed by atoms with Crippen LogP contribution in [0.3, 0.4) is 0 Å². The predicted molar refractivity (Wildman–Crippen MR) is 126 cm³/mol. The van der Waals surface area contributed by atoms with Gasteiger partial charge in [0, 0.05) is 17.2 Å². The molecule has 0 aliphatic carbocycles. The zero-order valence-electron chi connectivity index (χ0n) is 19.1. The fourth-order valence-electron chi connectivity index (χ4n) is 3.36. The highest BCUT2D eigenvalue weighted by Crippen LogP contribution is 2.42. The normalized spacial score (nSPS) is 12.4. The van der Waals surface area contributed by atoms with Crippen LogP contribution in [-0.2, 0) is 16.6 Å². The van der Waals surface area contributed by atoms with E-state index in [-0.39, 0.29) is 5.41 Å². The molecule has 3 nitrogen and oxygen atoms in total. The molecule has 0 atom stereocenters. The maximum atomic E-state index is 10.9. The Hall–Kier alpha value is -2.81. The van der Waals surface area contributed by atoms with Crippen LogP contribution < -0.4 is 4.74 Å². The van der Waals surface area contributed by atoms with E-state index in [4.69, 9.17) is 9.84 Å². The number of allylic oxidation sites excluding steroid dienone is 2. The molecule has 0 radical (unpaired) electrons. The number of rotatable bonds is 8. The first-order valence-corrected chi connectivity index (χ1v) is 10.7. The van der Waals surface area contributed by atoms with Gasteiger partial charge >= 0.3 is 5.97 Å². The first kappa shape index (κ1) is 23.5. The van der Waals surface area contributed by atoms with Gasteiger partial charge in [-0.1, -0.05) is 77.1 Å². The maximum absolute atomic E-state index is 10.9. The number of ether oxygens (including phenoxy) is 1. The van der Waals surface area contributed by atoms with Crippen LogP contribution in [0.5, 0.6) is 5.75 Å². The van der Waals surface area contributed by atoms with E-state index in [0.29, 0.717) is 12.2 Å². The molecule has 30 heavy (non-hydrogen) atoms. The molecule has 160 valence electrons. The first-order valence-electron chi connectivity index (χ1n) is 10.7. The molecular formula is C27H34O3. The minimum absolute atomic E-state index is 0.0470. The Labute approximate surface area is 181 Å². The van der Waals surface area contributed by atoms with Crippen molar-refractivity contribution >= 4 is 12.0 Å². The lowest BCUT2D eigenvalue weighted by atomic mass is 9.82. The van der Waals surface area contributed by atoms with Gasteiger partial charge in [-0.3, -0.25) is 0 Å². The van der Waals surface area contributed by atoms with E-state index >= 15 is 0 Å². The minimum Gasteiger partial charge on any atom is -0.493 e. The van der Waals surface area contributed by atoms with Crippen LogP contribution in [0.1, 0.15) is 64.7 Å². The van der Waals surface area contributed by atoms with Gasteiger partial charge in [0.1, 0.15) is 5.75 Å². The molecule has 2 rings (SSSR count). The van der Waals surface area contributed by atoms with E-state index in [1.807, 2.05) is 24.3 Å². The Bertz CT molecular complexity index is 943. The summed E-state index contributed by atoms with van der Waals surface area (Å²) in [6.45, 7) is 13.4. The molecule has 0 aliphatic heterocycles. The first-order chi connectivity index (χ1) is 14.2. The molecule has 0 heterocycles. The number of carboxylic acid groups (broad SMARTS) is 1. The number of carboxylic acids is 1. The van der Waals surface area contributed by atoms with Crippen molar-refractivity contribution in [2.45, 2.75) is 59.8 Å². The van der Waals surface area contributed by atoms with Crippen LogP contribution in [0, 0.1) is 0 Å². The predicted octanol–water partition coefficient (Wildman–Crippen LogP) is 7.05. The summed E-state index contributed by atoms with van der Waals surface area (Å²) in [7, 11) is 0. The summed E-state index contributed by atoms with van der Waals surface area (Å²) < 4.78 is 6.32. The van der Waals surface area contributed by atoms with Crippen molar-refractivity contribution in [2.75, 3.05) is 6.61 Å². The van der Waals surface area contributed by atoms with Crippen molar-refractivity contribution in [1.29, 1.82) is 0 Å². The van der Waals surface area contributed by atoms with Gasteiger partial charge in [0.2, 0.25) is 0 Å². The summed E-state index contributed by atoms with van der Waals surface area (Å²) in [6, 6.07) is 12.7. The van der Waals surface area contributed by atoms with Crippen LogP contribution in [0.25, 0.3) is 17.2 Å². The molecule has 2 aromatic rings. The lowest BCUT2D eigenvalue weighted by Crippen LogP contribution is -2.15. The highest BCUT2D eigenvalue weighted by Gasteiger charge is 2.24. The molecule has 3 heteroatoms. The molecule has 0 saturated carbocycles. The lowest BCUT2D eigenvalue weighted by Gasteiger charge is -2.26. The zero-order valence-corrected chi connectivity index (χ0v) is 19.1. The average molecular weight is 407 g/mol. The summed E-state index contributed by atoms with van der Waals surface area (Å²) in [4.78, 5) is 10.9. The van der Waals surface area contributed by atoms with Gasteiger partial charge in [-0.15, -0.1) is 0 Å². The van der Waals surface area contributed by atoms with E-state index in [9.17, 15) is 4.79 Å². The molecule has 0 fully saturated rings. The van der Waals surface area contributed by atoms with Gasteiger partial charge < -0.3 is 9.84 Å². The summed E-state index contributed by atoms with van der Waals surface area (Å²) in [5.74, 6) is 0.00588. The van der Waals surface area contributed by atoms with Crippen LogP contribution in [0.15, 0.2) is 54.1 Å². The van der Waals surface area contributed by atoms with Crippen LogP contribution >= 0.6 is 0 Å². The molecule has 0 unspecified atom stereocenters. The maximum Gasteiger partial charge on any atom is 0.328 e. The molecule has 0 saturated heterocycles. The number of hydrogen-bond donors (Lipinski definition) is 1.